The fourth-order valence-electron chi connectivity index (χ4n) is 1.34. The summed E-state index contributed by atoms with van der Waals surface area (Å²) in [6, 6.07) is 7.46. The predicted molar refractivity (Wildman–Crippen MR) is 50.5 cm³/mol. The lowest BCUT2D eigenvalue weighted by Gasteiger charge is -1.99. The van der Waals surface area contributed by atoms with Gasteiger partial charge in [-0.2, -0.15) is 5.26 Å². The van der Waals surface area contributed by atoms with Crippen molar-refractivity contribution in [3.8, 4) is 6.07 Å². The normalized spacial score (nSPS) is 10.2. The molecular weight excluding hydrogens is 186 g/mol. The van der Waals surface area contributed by atoms with E-state index < -0.39 is 0 Å². The van der Waals surface area contributed by atoms with E-state index in [4.69, 9.17) is 21.3 Å². The van der Waals surface area contributed by atoms with E-state index in [1.54, 1.807) is 18.4 Å². The lowest BCUT2D eigenvalue weighted by Crippen LogP contribution is -1.83. The average molecular weight is 192 g/mol. The molecule has 1 heterocycles. The second-order valence-corrected chi connectivity index (χ2v) is 3.10. The summed E-state index contributed by atoms with van der Waals surface area (Å²) in [5.41, 5.74) is 1.62. The minimum absolute atomic E-state index is 0.315. The highest BCUT2D eigenvalue weighted by atomic mass is 35.5. The molecule has 0 radical (unpaired) electrons. The average Bonchev–Trinajstić information content (AvgIpc) is 2.58. The van der Waals surface area contributed by atoms with Crippen LogP contribution in [0.2, 0.25) is 5.02 Å². The molecule has 0 amide bonds. The molecule has 0 N–H and O–H groups in total. The second kappa shape index (κ2) is 3.12. The number of nitrogens with zero attached hydrogens (tertiary/aromatic N) is 1. The van der Waals surface area contributed by atoms with Crippen LogP contribution in [0.4, 0.5) is 0 Å². The van der Waals surface area contributed by atoms with Crippen molar-refractivity contribution in [1.82, 2.24) is 0 Å². The molecule has 0 aliphatic heterocycles. The number of halogens is 1. The lowest BCUT2D eigenvalue weighted by molar-refractivity contribution is 0.616. The minimum Gasteiger partial charge on any atom is -0.464 e. The van der Waals surface area contributed by atoms with Crippen molar-refractivity contribution in [2.75, 3.05) is 0 Å². The Morgan fingerprint density at radius 3 is 3.00 bits per heavy atom. The number of hydrogen-bond acceptors (Lipinski definition) is 2. The SMILES string of the molecule is N#CCc1c(Cl)ccc2occc12. The Morgan fingerprint density at radius 1 is 1.38 bits per heavy atom. The zero-order valence-corrected chi connectivity index (χ0v) is 7.51. The first-order valence-corrected chi connectivity index (χ1v) is 4.22. The summed E-state index contributed by atoms with van der Waals surface area (Å²) in [5.74, 6) is 0. The molecule has 0 aliphatic rings. The molecule has 1 aromatic heterocycles. The molecule has 64 valence electrons. The molecule has 0 atom stereocenters. The zero-order valence-electron chi connectivity index (χ0n) is 6.75. The van der Waals surface area contributed by atoms with Crippen molar-refractivity contribution in [3.63, 3.8) is 0 Å². The van der Waals surface area contributed by atoms with Crippen LogP contribution >= 0.6 is 11.6 Å². The first-order chi connectivity index (χ1) is 6.33. The van der Waals surface area contributed by atoms with E-state index in [9.17, 15) is 0 Å². The molecule has 2 nitrogen and oxygen atoms in total. The molecule has 2 rings (SSSR count). The van der Waals surface area contributed by atoms with Gasteiger partial charge in [-0.3, -0.25) is 0 Å². The third-order valence-electron chi connectivity index (χ3n) is 1.95. The summed E-state index contributed by atoms with van der Waals surface area (Å²) in [4.78, 5) is 0. The van der Waals surface area contributed by atoms with Gasteiger partial charge in [-0.1, -0.05) is 11.6 Å². The number of nitriles is 1. The fourth-order valence-corrected chi connectivity index (χ4v) is 1.57. The van der Waals surface area contributed by atoms with Crippen LogP contribution in [0.1, 0.15) is 5.56 Å². The van der Waals surface area contributed by atoms with E-state index in [0.717, 1.165) is 16.5 Å². The Bertz CT molecular complexity index is 481. The minimum atomic E-state index is 0.315. The standard InChI is InChI=1S/C10H6ClNO/c11-9-1-2-10-8(4-6-13-10)7(9)3-5-12/h1-2,4,6H,3H2. The highest BCUT2D eigenvalue weighted by molar-refractivity contribution is 6.32. The first-order valence-electron chi connectivity index (χ1n) is 3.84. The molecule has 0 aliphatic carbocycles. The van der Waals surface area contributed by atoms with Gasteiger partial charge in [0.2, 0.25) is 0 Å². The van der Waals surface area contributed by atoms with Crippen LogP contribution in [-0.2, 0) is 6.42 Å². The van der Waals surface area contributed by atoms with E-state index in [1.807, 2.05) is 6.07 Å². The Labute approximate surface area is 80.3 Å². The Morgan fingerprint density at radius 2 is 2.23 bits per heavy atom. The van der Waals surface area contributed by atoms with Gasteiger partial charge in [-0.25, -0.2) is 0 Å². The summed E-state index contributed by atoms with van der Waals surface area (Å²) in [6.07, 6.45) is 1.91. The van der Waals surface area contributed by atoms with Crippen molar-refractivity contribution in [3.05, 3.63) is 35.0 Å². The van der Waals surface area contributed by atoms with Crippen LogP contribution in [0.25, 0.3) is 11.0 Å². The quantitative estimate of drug-likeness (QED) is 0.694. The van der Waals surface area contributed by atoms with Crippen molar-refractivity contribution in [2.45, 2.75) is 6.42 Å². The summed E-state index contributed by atoms with van der Waals surface area (Å²) in [7, 11) is 0. The molecule has 1 aromatic carbocycles. The second-order valence-electron chi connectivity index (χ2n) is 2.69. The Hall–Kier alpha value is -1.46. The van der Waals surface area contributed by atoms with E-state index >= 15 is 0 Å². The third kappa shape index (κ3) is 1.28. The maximum Gasteiger partial charge on any atom is 0.134 e. The van der Waals surface area contributed by atoms with Gasteiger partial charge in [0.05, 0.1) is 18.8 Å². The van der Waals surface area contributed by atoms with Gasteiger partial charge in [0, 0.05) is 10.4 Å². The van der Waals surface area contributed by atoms with Crippen molar-refractivity contribution in [2.24, 2.45) is 0 Å². The third-order valence-corrected chi connectivity index (χ3v) is 2.30. The molecule has 2 aromatic rings. The monoisotopic (exact) mass is 191 g/mol. The maximum absolute atomic E-state index is 8.60. The molecular formula is C10H6ClNO. The summed E-state index contributed by atoms with van der Waals surface area (Å²) >= 11 is 5.95. The Balaban J connectivity index is 2.74. The lowest BCUT2D eigenvalue weighted by atomic mass is 10.1. The topological polar surface area (TPSA) is 36.9 Å². The smallest absolute Gasteiger partial charge is 0.134 e. The van der Waals surface area contributed by atoms with Gasteiger partial charge >= 0.3 is 0 Å². The van der Waals surface area contributed by atoms with Crippen LogP contribution in [0.15, 0.2) is 28.9 Å². The van der Waals surface area contributed by atoms with Crippen molar-refractivity contribution >= 4 is 22.6 Å². The van der Waals surface area contributed by atoms with Gasteiger partial charge < -0.3 is 4.42 Å². The largest absolute Gasteiger partial charge is 0.464 e. The van der Waals surface area contributed by atoms with Crippen LogP contribution in [0.5, 0.6) is 0 Å². The summed E-state index contributed by atoms with van der Waals surface area (Å²) in [5, 5.41) is 10.1. The molecule has 3 heteroatoms. The molecule has 13 heavy (non-hydrogen) atoms. The van der Waals surface area contributed by atoms with Gasteiger partial charge in [0.25, 0.3) is 0 Å². The van der Waals surface area contributed by atoms with Gasteiger partial charge in [-0.15, -0.1) is 0 Å². The molecule has 0 bridgehead atoms. The maximum atomic E-state index is 8.60. The number of furan rings is 1. The van der Waals surface area contributed by atoms with Gasteiger partial charge in [-0.05, 0) is 23.8 Å². The number of hydrogen-bond donors (Lipinski definition) is 0. The zero-order chi connectivity index (χ0) is 9.26. The molecule has 0 unspecified atom stereocenters. The van der Waals surface area contributed by atoms with Crippen molar-refractivity contribution < 1.29 is 4.42 Å². The van der Waals surface area contributed by atoms with Crippen LogP contribution in [0.3, 0.4) is 0 Å². The highest BCUT2D eigenvalue weighted by Crippen LogP contribution is 2.27. The number of benzene rings is 1. The van der Waals surface area contributed by atoms with Gasteiger partial charge in [0.15, 0.2) is 0 Å². The van der Waals surface area contributed by atoms with Crippen LogP contribution in [-0.4, -0.2) is 0 Å². The van der Waals surface area contributed by atoms with E-state index in [1.165, 1.54) is 0 Å². The van der Waals surface area contributed by atoms with E-state index in [2.05, 4.69) is 6.07 Å². The first kappa shape index (κ1) is 8.15. The number of rotatable bonds is 1. The number of fused-ring (bicyclic) bond motifs is 1. The van der Waals surface area contributed by atoms with Crippen molar-refractivity contribution in [1.29, 1.82) is 5.26 Å². The molecule has 0 spiro atoms. The molecule has 0 saturated carbocycles. The van der Waals surface area contributed by atoms with Gasteiger partial charge in [0.1, 0.15) is 5.58 Å². The molecule has 0 fully saturated rings. The van der Waals surface area contributed by atoms with E-state index in [0.29, 0.717) is 11.4 Å². The highest BCUT2D eigenvalue weighted by Gasteiger charge is 2.07. The molecule has 0 saturated heterocycles. The van der Waals surface area contributed by atoms with Crippen LogP contribution < -0.4 is 0 Å². The Kier molecular flexibility index (Phi) is 1.96. The predicted octanol–water partition coefficient (Wildman–Crippen LogP) is 3.15. The summed E-state index contributed by atoms with van der Waals surface area (Å²) < 4.78 is 5.19. The summed E-state index contributed by atoms with van der Waals surface area (Å²) in [6.45, 7) is 0. The van der Waals surface area contributed by atoms with E-state index in [-0.39, 0.29) is 0 Å². The fraction of sp³-hybridized carbons (Fsp3) is 0.100. The van der Waals surface area contributed by atoms with Crippen LogP contribution in [0, 0.1) is 11.3 Å².